The van der Waals surface area contributed by atoms with Gasteiger partial charge in [0.25, 0.3) is 0 Å². The van der Waals surface area contributed by atoms with Crippen LogP contribution in [0.25, 0.3) is 0 Å². The Balaban J connectivity index is 1.37. The Hall–Kier alpha value is -2.61. The van der Waals surface area contributed by atoms with Crippen molar-refractivity contribution in [3.05, 3.63) is 69.7 Å². The predicted octanol–water partition coefficient (Wildman–Crippen LogP) is 6.02. The zero-order chi connectivity index (χ0) is 23.7. The molecule has 178 valence electrons. The van der Waals surface area contributed by atoms with Crippen LogP contribution in [0.2, 0.25) is 5.02 Å². The number of carbonyl (C=O) groups excluding carboxylic acids is 1. The minimum Gasteiger partial charge on any atom is -0.454 e. The van der Waals surface area contributed by atoms with Crippen molar-refractivity contribution < 1.29 is 14.3 Å². The lowest BCUT2D eigenvalue weighted by Crippen LogP contribution is -2.27. The first-order chi connectivity index (χ1) is 16.5. The maximum atomic E-state index is 13.3. The number of halogens is 1. The second-order valence-corrected chi connectivity index (χ2v) is 10.4. The second-order valence-electron chi connectivity index (χ2n) is 8.93. The highest BCUT2D eigenvalue weighted by atomic mass is 35.5. The van der Waals surface area contributed by atoms with E-state index in [1.807, 2.05) is 42.6 Å². The third kappa shape index (κ3) is 4.40. The van der Waals surface area contributed by atoms with E-state index in [4.69, 9.17) is 21.1 Å². The van der Waals surface area contributed by atoms with Crippen molar-refractivity contribution >= 4 is 34.0 Å². The van der Waals surface area contributed by atoms with Gasteiger partial charge in [-0.25, -0.2) is 4.98 Å². The molecule has 1 aliphatic carbocycles. The van der Waals surface area contributed by atoms with Crippen molar-refractivity contribution in [2.24, 2.45) is 0 Å². The average Bonchev–Trinajstić information content (AvgIpc) is 3.31. The Labute approximate surface area is 208 Å². The van der Waals surface area contributed by atoms with Gasteiger partial charge in [-0.3, -0.25) is 9.69 Å². The summed E-state index contributed by atoms with van der Waals surface area (Å²) < 4.78 is 10.9. The number of carbonyl (C=O) groups is 1. The normalized spacial score (nSPS) is 16.5. The smallest absolute Gasteiger partial charge is 0.236 e. The van der Waals surface area contributed by atoms with Crippen LogP contribution in [0.3, 0.4) is 0 Å². The summed E-state index contributed by atoms with van der Waals surface area (Å²) in [6.45, 7) is 3.35. The minimum absolute atomic E-state index is 0.0212. The number of nitrogens with zero attached hydrogens (tertiary/aromatic N) is 2. The van der Waals surface area contributed by atoms with Crippen LogP contribution in [-0.4, -0.2) is 36.2 Å². The van der Waals surface area contributed by atoms with Crippen molar-refractivity contribution in [2.75, 3.05) is 25.7 Å². The lowest BCUT2D eigenvalue weighted by Gasteiger charge is -2.28. The number of ether oxygens (including phenoxy) is 2. The third-order valence-electron chi connectivity index (χ3n) is 6.63. The first kappa shape index (κ1) is 23.1. The molecule has 34 heavy (non-hydrogen) atoms. The summed E-state index contributed by atoms with van der Waals surface area (Å²) in [6, 6.07) is 13.7. The number of hydrogen-bond acceptors (Lipinski definition) is 6. The summed E-state index contributed by atoms with van der Waals surface area (Å²) in [5, 5.41) is 4.41. The number of amides is 1. The van der Waals surface area contributed by atoms with E-state index in [1.54, 1.807) is 0 Å². The number of anilines is 1. The van der Waals surface area contributed by atoms with Gasteiger partial charge in [-0.15, -0.1) is 0 Å². The van der Waals surface area contributed by atoms with E-state index in [9.17, 15) is 4.79 Å². The molecular weight excluding hydrogens is 470 g/mol. The Bertz CT molecular complexity index is 1190. The number of aromatic nitrogens is 1. The Kier molecular flexibility index (Phi) is 6.51. The molecule has 1 aliphatic heterocycles. The van der Waals surface area contributed by atoms with Crippen LogP contribution in [0.15, 0.2) is 48.7 Å². The van der Waals surface area contributed by atoms with Gasteiger partial charge in [-0.2, -0.15) is 0 Å². The zero-order valence-electron chi connectivity index (χ0n) is 19.3. The van der Waals surface area contributed by atoms with Gasteiger partial charge in [0.1, 0.15) is 0 Å². The van der Waals surface area contributed by atoms with E-state index in [-0.39, 0.29) is 18.7 Å². The van der Waals surface area contributed by atoms with Gasteiger partial charge in [-0.1, -0.05) is 60.5 Å². The molecule has 5 rings (SSSR count). The van der Waals surface area contributed by atoms with Gasteiger partial charge in [0, 0.05) is 16.1 Å². The molecule has 2 aliphatic rings. The number of benzene rings is 2. The topological polar surface area (TPSA) is 63.7 Å². The third-order valence-corrected chi connectivity index (χ3v) is 7.94. The molecule has 1 fully saturated rings. The zero-order valence-corrected chi connectivity index (χ0v) is 20.9. The molecule has 0 radical (unpaired) electrons. The number of hydrogen-bond donors (Lipinski definition) is 1. The molecule has 0 bridgehead atoms. The Morgan fingerprint density at radius 3 is 2.79 bits per heavy atom. The number of nitrogens with one attached hydrogen (secondary N) is 1. The number of thiazole rings is 1. The van der Waals surface area contributed by atoms with Crippen LogP contribution in [0, 0.1) is 0 Å². The summed E-state index contributed by atoms with van der Waals surface area (Å²) >= 11 is 8.09. The summed E-state index contributed by atoms with van der Waals surface area (Å²) in [7, 11) is 2.11. The molecule has 1 saturated carbocycles. The molecule has 8 heteroatoms. The maximum absolute atomic E-state index is 13.3. The fraction of sp³-hybridized carbons (Fsp3) is 0.385. The van der Waals surface area contributed by atoms with Crippen LogP contribution < -0.4 is 14.8 Å². The fourth-order valence-electron chi connectivity index (χ4n) is 4.49. The largest absolute Gasteiger partial charge is 0.454 e. The van der Waals surface area contributed by atoms with E-state index >= 15 is 0 Å². The molecule has 0 saturated heterocycles. The lowest BCUT2D eigenvalue weighted by molar-refractivity contribution is -0.118. The standard InChI is InChI=1S/C26H28ClN3O3S/c1-3-4-13-30(2)23(18-7-5-6-8-19(18)27)22-15-28-25(34-22)29-24(31)26(11-12-26)17-9-10-20-21(14-17)33-16-32-20/h5-10,14-15,23H,3-4,11-13,16H2,1-2H3,(H,28,29,31). The highest BCUT2D eigenvalue weighted by Crippen LogP contribution is 2.51. The maximum Gasteiger partial charge on any atom is 0.236 e. The SMILES string of the molecule is CCCCN(C)C(c1cnc(NC(=O)C2(c3ccc4c(c3)OCO4)CC2)s1)c1ccccc1Cl. The van der Waals surface area contributed by atoms with Crippen LogP contribution in [0.1, 0.15) is 54.7 Å². The molecule has 3 aromatic rings. The molecule has 2 heterocycles. The molecule has 2 aromatic carbocycles. The van der Waals surface area contributed by atoms with Crippen LogP contribution in [0.5, 0.6) is 11.5 Å². The molecular formula is C26H28ClN3O3S. The first-order valence-electron chi connectivity index (χ1n) is 11.6. The molecule has 1 unspecified atom stereocenters. The predicted molar refractivity (Wildman–Crippen MR) is 135 cm³/mol. The quantitative estimate of drug-likeness (QED) is 0.392. The molecule has 1 N–H and O–H groups in total. The van der Waals surface area contributed by atoms with E-state index in [1.165, 1.54) is 11.3 Å². The summed E-state index contributed by atoms with van der Waals surface area (Å²) in [4.78, 5) is 21.2. The van der Waals surface area contributed by atoms with E-state index in [2.05, 4.69) is 35.2 Å². The van der Waals surface area contributed by atoms with Gasteiger partial charge in [0.2, 0.25) is 12.7 Å². The number of unbranched alkanes of at least 4 members (excludes halogenated alkanes) is 1. The Morgan fingerprint density at radius 2 is 2.03 bits per heavy atom. The van der Waals surface area contributed by atoms with Crippen LogP contribution in [0.4, 0.5) is 5.13 Å². The molecule has 0 spiro atoms. The van der Waals surface area contributed by atoms with E-state index < -0.39 is 5.41 Å². The number of fused-ring (bicyclic) bond motifs is 1. The van der Waals surface area contributed by atoms with Crippen LogP contribution in [-0.2, 0) is 10.2 Å². The van der Waals surface area contributed by atoms with Gasteiger partial charge in [0.15, 0.2) is 16.6 Å². The lowest BCUT2D eigenvalue weighted by atomic mass is 9.94. The average molecular weight is 498 g/mol. The highest BCUT2D eigenvalue weighted by molar-refractivity contribution is 7.15. The summed E-state index contributed by atoms with van der Waals surface area (Å²) in [5.41, 5.74) is 1.47. The summed E-state index contributed by atoms with van der Waals surface area (Å²) in [6.07, 6.45) is 5.68. The molecule has 1 amide bonds. The van der Waals surface area contributed by atoms with Crippen molar-refractivity contribution in [3.8, 4) is 11.5 Å². The number of rotatable bonds is 9. The van der Waals surface area contributed by atoms with Gasteiger partial charge in [0.05, 0.1) is 11.5 Å². The van der Waals surface area contributed by atoms with Crippen molar-refractivity contribution in [3.63, 3.8) is 0 Å². The molecule has 1 atom stereocenters. The first-order valence-corrected chi connectivity index (χ1v) is 12.8. The van der Waals surface area contributed by atoms with Gasteiger partial charge < -0.3 is 14.8 Å². The molecule has 1 aromatic heterocycles. The van der Waals surface area contributed by atoms with Gasteiger partial charge in [-0.05, 0) is 62.2 Å². The van der Waals surface area contributed by atoms with E-state index in [0.29, 0.717) is 10.9 Å². The minimum atomic E-state index is -0.535. The van der Waals surface area contributed by atoms with Crippen molar-refractivity contribution in [1.29, 1.82) is 0 Å². The highest BCUT2D eigenvalue weighted by Gasteiger charge is 2.52. The van der Waals surface area contributed by atoms with E-state index in [0.717, 1.165) is 59.0 Å². The monoisotopic (exact) mass is 497 g/mol. The van der Waals surface area contributed by atoms with Crippen molar-refractivity contribution in [2.45, 2.75) is 44.1 Å². The van der Waals surface area contributed by atoms with Gasteiger partial charge >= 0.3 is 0 Å². The van der Waals surface area contributed by atoms with Crippen LogP contribution >= 0.6 is 22.9 Å². The second kappa shape index (κ2) is 9.56. The fourth-order valence-corrected chi connectivity index (χ4v) is 5.73. The van der Waals surface area contributed by atoms with Crippen molar-refractivity contribution in [1.82, 2.24) is 9.88 Å². The Morgan fingerprint density at radius 1 is 1.24 bits per heavy atom. The summed E-state index contributed by atoms with van der Waals surface area (Å²) in [5.74, 6) is 1.40. The molecule has 6 nitrogen and oxygen atoms in total.